The van der Waals surface area contributed by atoms with Crippen LogP contribution in [0.25, 0.3) is 0 Å². The topological polar surface area (TPSA) is 65.1 Å². The van der Waals surface area contributed by atoms with Crippen LogP contribution in [0, 0.1) is 5.41 Å². The Morgan fingerprint density at radius 3 is 2.31 bits per heavy atom. The molecule has 5 heteroatoms. The molecule has 0 fully saturated rings. The fraction of sp³-hybridized carbons (Fsp3) is 0.364. The second-order valence-corrected chi connectivity index (χ2v) is 3.72. The average Bonchev–Trinajstić information content (AvgIpc) is 2.18. The Hall–Kier alpha value is -1.26. The third kappa shape index (κ3) is 5.00. The predicted molar refractivity (Wildman–Crippen MR) is 71.7 cm³/mol. The summed E-state index contributed by atoms with van der Waals surface area (Å²) in [6.07, 6.45) is 0. The van der Waals surface area contributed by atoms with E-state index in [-0.39, 0.29) is 18.2 Å². The van der Waals surface area contributed by atoms with E-state index in [9.17, 15) is 0 Å². The van der Waals surface area contributed by atoms with E-state index in [0.29, 0.717) is 0 Å². The second-order valence-electron chi connectivity index (χ2n) is 3.72. The van der Waals surface area contributed by atoms with Gasteiger partial charge < -0.3 is 16.0 Å². The summed E-state index contributed by atoms with van der Waals surface area (Å²) in [6, 6.07) is 7.57. The molecule has 0 radical (unpaired) electrons. The van der Waals surface area contributed by atoms with E-state index in [1.807, 2.05) is 38.4 Å². The highest BCUT2D eigenvalue weighted by molar-refractivity contribution is 5.95. The molecule has 0 aliphatic carbocycles. The van der Waals surface area contributed by atoms with Crippen LogP contribution in [0.15, 0.2) is 24.3 Å². The smallest absolute Gasteiger partial charge is 0.122 e. The fourth-order valence-electron chi connectivity index (χ4n) is 1.19. The predicted octanol–water partition coefficient (Wildman–Crippen LogP) is 1.37. The Bertz CT molecular complexity index is 321. The molecular weight excluding hydrogens is 224 g/mol. The molecule has 4 N–H and O–H groups in total. The molecule has 0 saturated carbocycles. The molecule has 0 unspecified atom stereocenters. The highest BCUT2D eigenvalue weighted by Crippen LogP contribution is 2.08. The van der Waals surface area contributed by atoms with Gasteiger partial charge in [-0.25, -0.2) is 0 Å². The number of halogens is 1. The molecule has 0 aromatic heterocycles. The van der Waals surface area contributed by atoms with Crippen molar-refractivity contribution in [2.45, 2.75) is 0 Å². The SMILES string of the molecule is CN(C)CCNc1ccc(C(=N)N)cc1.Cl. The van der Waals surface area contributed by atoms with E-state index in [1.54, 1.807) is 0 Å². The van der Waals surface area contributed by atoms with Crippen LogP contribution < -0.4 is 11.1 Å². The van der Waals surface area contributed by atoms with Crippen LogP contribution in [0.3, 0.4) is 0 Å². The van der Waals surface area contributed by atoms with Crippen LogP contribution in [0.5, 0.6) is 0 Å². The molecule has 0 aliphatic heterocycles. The molecule has 0 aliphatic rings. The van der Waals surface area contributed by atoms with Gasteiger partial charge in [0.05, 0.1) is 0 Å². The van der Waals surface area contributed by atoms with Gasteiger partial charge in [-0.2, -0.15) is 0 Å². The zero-order valence-corrected chi connectivity index (χ0v) is 10.5. The van der Waals surface area contributed by atoms with Gasteiger partial charge >= 0.3 is 0 Å². The van der Waals surface area contributed by atoms with Crippen molar-refractivity contribution >= 4 is 23.9 Å². The Balaban J connectivity index is 0.00000225. The molecule has 0 atom stereocenters. The number of likely N-dealkylation sites (N-methyl/N-ethyl adjacent to an activating group) is 1. The molecule has 90 valence electrons. The summed E-state index contributed by atoms with van der Waals surface area (Å²) in [7, 11) is 4.08. The fourth-order valence-corrected chi connectivity index (χ4v) is 1.19. The van der Waals surface area contributed by atoms with E-state index >= 15 is 0 Å². The molecule has 0 bridgehead atoms. The van der Waals surface area contributed by atoms with Gasteiger partial charge in [-0.1, -0.05) is 0 Å². The molecule has 1 rings (SSSR count). The lowest BCUT2D eigenvalue weighted by Gasteiger charge is -2.11. The largest absolute Gasteiger partial charge is 0.384 e. The number of nitrogens with two attached hydrogens (primary N) is 1. The number of nitrogens with one attached hydrogen (secondary N) is 2. The molecule has 0 spiro atoms. The maximum Gasteiger partial charge on any atom is 0.122 e. The maximum absolute atomic E-state index is 7.25. The monoisotopic (exact) mass is 242 g/mol. The van der Waals surface area contributed by atoms with Crippen molar-refractivity contribution < 1.29 is 0 Å². The summed E-state index contributed by atoms with van der Waals surface area (Å²) in [5, 5.41) is 10.5. The molecule has 0 amide bonds. The van der Waals surface area contributed by atoms with Gasteiger partial charge in [0.1, 0.15) is 5.84 Å². The number of nitrogen functional groups attached to an aromatic ring is 1. The number of anilines is 1. The Morgan fingerprint density at radius 2 is 1.88 bits per heavy atom. The summed E-state index contributed by atoms with van der Waals surface area (Å²) in [6.45, 7) is 1.90. The summed E-state index contributed by atoms with van der Waals surface area (Å²) in [5.74, 6) is 0.106. The standard InChI is InChI=1S/C11H18N4.ClH/c1-15(2)8-7-14-10-5-3-9(4-6-10)11(12)13;/h3-6,14H,7-8H2,1-2H3,(H3,12,13);1H. The lowest BCUT2D eigenvalue weighted by atomic mass is 10.2. The number of hydrogen-bond donors (Lipinski definition) is 3. The minimum absolute atomic E-state index is 0. The molecule has 1 aromatic rings. The van der Waals surface area contributed by atoms with Crippen LogP contribution in [0.4, 0.5) is 5.69 Å². The van der Waals surface area contributed by atoms with Crippen LogP contribution in [-0.2, 0) is 0 Å². The number of rotatable bonds is 5. The van der Waals surface area contributed by atoms with Gasteiger partial charge in [-0.05, 0) is 38.4 Å². The molecule has 0 heterocycles. The maximum atomic E-state index is 7.25. The van der Waals surface area contributed by atoms with Gasteiger partial charge in [-0.15, -0.1) is 12.4 Å². The minimum atomic E-state index is 0. The molecule has 1 aromatic carbocycles. The van der Waals surface area contributed by atoms with E-state index in [2.05, 4.69) is 10.2 Å². The summed E-state index contributed by atoms with van der Waals surface area (Å²) >= 11 is 0. The van der Waals surface area contributed by atoms with Crippen LogP contribution in [0.1, 0.15) is 5.56 Å². The van der Waals surface area contributed by atoms with Crippen molar-refractivity contribution in [3.8, 4) is 0 Å². The lowest BCUT2D eigenvalue weighted by molar-refractivity contribution is 0.425. The van der Waals surface area contributed by atoms with Crippen LogP contribution >= 0.6 is 12.4 Å². The van der Waals surface area contributed by atoms with Crippen molar-refractivity contribution in [1.82, 2.24) is 4.90 Å². The molecular formula is C11H19ClN4. The van der Waals surface area contributed by atoms with Gasteiger partial charge in [0, 0.05) is 24.3 Å². The lowest BCUT2D eigenvalue weighted by Crippen LogP contribution is -2.20. The van der Waals surface area contributed by atoms with Gasteiger partial charge in [0.2, 0.25) is 0 Å². The third-order valence-corrected chi connectivity index (χ3v) is 2.08. The van der Waals surface area contributed by atoms with Gasteiger partial charge in [0.25, 0.3) is 0 Å². The first-order chi connectivity index (χ1) is 7.09. The normalized spacial score (nSPS) is 9.69. The molecule has 0 saturated heterocycles. The summed E-state index contributed by atoms with van der Waals surface area (Å²) in [5.41, 5.74) is 7.17. The van der Waals surface area contributed by atoms with Crippen molar-refractivity contribution in [3.63, 3.8) is 0 Å². The zero-order chi connectivity index (χ0) is 11.3. The van der Waals surface area contributed by atoms with Crippen molar-refractivity contribution in [2.24, 2.45) is 5.73 Å². The Kier molecular flexibility index (Phi) is 6.53. The number of hydrogen-bond acceptors (Lipinski definition) is 3. The second kappa shape index (κ2) is 7.09. The Labute approximate surface area is 103 Å². The highest BCUT2D eigenvalue weighted by Gasteiger charge is 1.96. The number of nitrogens with zero attached hydrogens (tertiary/aromatic N) is 1. The highest BCUT2D eigenvalue weighted by atomic mass is 35.5. The van der Waals surface area contributed by atoms with Gasteiger partial charge in [-0.3, -0.25) is 5.41 Å². The summed E-state index contributed by atoms with van der Waals surface area (Å²) in [4.78, 5) is 2.12. The van der Waals surface area contributed by atoms with E-state index in [4.69, 9.17) is 11.1 Å². The average molecular weight is 243 g/mol. The van der Waals surface area contributed by atoms with Crippen LogP contribution in [-0.4, -0.2) is 37.9 Å². The quantitative estimate of drug-likeness (QED) is 0.540. The first-order valence-corrected chi connectivity index (χ1v) is 4.92. The molecule has 16 heavy (non-hydrogen) atoms. The first-order valence-electron chi connectivity index (χ1n) is 4.92. The van der Waals surface area contributed by atoms with Crippen LogP contribution in [0.2, 0.25) is 0 Å². The number of benzene rings is 1. The first kappa shape index (κ1) is 14.7. The van der Waals surface area contributed by atoms with E-state index < -0.39 is 0 Å². The Morgan fingerprint density at radius 1 is 1.31 bits per heavy atom. The van der Waals surface area contributed by atoms with Crippen molar-refractivity contribution in [1.29, 1.82) is 5.41 Å². The van der Waals surface area contributed by atoms with Gasteiger partial charge in [0.15, 0.2) is 0 Å². The number of amidine groups is 1. The zero-order valence-electron chi connectivity index (χ0n) is 9.66. The minimum Gasteiger partial charge on any atom is -0.384 e. The third-order valence-electron chi connectivity index (χ3n) is 2.08. The van der Waals surface area contributed by atoms with Crippen molar-refractivity contribution in [3.05, 3.63) is 29.8 Å². The van der Waals surface area contributed by atoms with E-state index in [1.165, 1.54) is 0 Å². The van der Waals surface area contributed by atoms with E-state index in [0.717, 1.165) is 24.3 Å². The van der Waals surface area contributed by atoms with Crippen molar-refractivity contribution in [2.75, 3.05) is 32.5 Å². The molecule has 4 nitrogen and oxygen atoms in total. The summed E-state index contributed by atoms with van der Waals surface area (Å²) < 4.78 is 0.